The zero-order valence-corrected chi connectivity index (χ0v) is 8.55. The van der Waals surface area contributed by atoms with Gasteiger partial charge in [0.2, 0.25) is 0 Å². The first kappa shape index (κ1) is 11.1. The lowest BCUT2D eigenvalue weighted by Gasteiger charge is -2.07. The summed E-state index contributed by atoms with van der Waals surface area (Å²) in [5, 5.41) is 9.65. The Morgan fingerprint density at radius 3 is 2.14 bits per heavy atom. The van der Waals surface area contributed by atoms with Gasteiger partial charge in [0.25, 0.3) is 10.1 Å². The number of aromatic hydroxyl groups is 1. The van der Waals surface area contributed by atoms with Crippen molar-refractivity contribution in [3.05, 3.63) is 29.8 Å². The van der Waals surface area contributed by atoms with Crippen molar-refractivity contribution in [1.29, 1.82) is 0 Å². The Hall–Kier alpha value is -0.980. The second-order valence-corrected chi connectivity index (χ2v) is 4.34. The molecule has 6 heteroatoms. The summed E-state index contributed by atoms with van der Waals surface area (Å²) in [6, 6.07) is 5.32. The monoisotopic (exact) mass is 231 g/mol. The molecule has 1 aromatic carbocycles. The highest BCUT2D eigenvalue weighted by molar-refractivity contribution is 7.89. The van der Waals surface area contributed by atoms with E-state index in [-0.39, 0.29) is 11.3 Å². The van der Waals surface area contributed by atoms with E-state index in [1.54, 1.807) is 0 Å². The summed E-state index contributed by atoms with van der Waals surface area (Å²) in [7, 11) is -4.28. The summed E-state index contributed by atoms with van der Waals surface area (Å²) >= 11 is 4.38. The molecule has 0 aliphatic rings. The molecule has 1 unspecified atom stereocenters. The molecular formula is C8H7O4S2. The van der Waals surface area contributed by atoms with Crippen LogP contribution in [0.1, 0.15) is 10.8 Å². The summed E-state index contributed by atoms with van der Waals surface area (Å²) in [5.74, 6) is 0.00667. The van der Waals surface area contributed by atoms with Crippen molar-refractivity contribution in [2.45, 2.75) is 5.25 Å². The van der Waals surface area contributed by atoms with Crippen molar-refractivity contribution in [3.63, 3.8) is 0 Å². The first-order valence-electron chi connectivity index (χ1n) is 3.58. The second-order valence-electron chi connectivity index (χ2n) is 2.60. The fourth-order valence-electron chi connectivity index (χ4n) is 0.950. The fourth-order valence-corrected chi connectivity index (χ4v) is 2.07. The van der Waals surface area contributed by atoms with Crippen molar-refractivity contribution >= 4 is 27.7 Å². The zero-order chi connectivity index (χ0) is 10.8. The van der Waals surface area contributed by atoms with Crippen molar-refractivity contribution in [2.24, 2.45) is 0 Å². The third-order valence-corrected chi connectivity index (χ3v) is 2.97. The first-order valence-corrected chi connectivity index (χ1v) is 5.49. The first-order chi connectivity index (χ1) is 6.45. The Balaban J connectivity index is 3.15. The van der Waals surface area contributed by atoms with Crippen molar-refractivity contribution in [1.82, 2.24) is 0 Å². The molecule has 0 bridgehead atoms. The Bertz CT molecular complexity index is 421. The minimum atomic E-state index is -4.28. The van der Waals surface area contributed by atoms with Gasteiger partial charge in [0, 0.05) is 0 Å². The Morgan fingerprint density at radius 2 is 1.79 bits per heavy atom. The van der Waals surface area contributed by atoms with E-state index in [2.05, 4.69) is 12.2 Å². The lowest BCUT2D eigenvalue weighted by molar-refractivity contribution is 0.473. The molecule has 14 heavy (non-hydrogen) atoms. The van der Waals surface area contributed by atoms with E-state index < -0.39 is 15.4 Å². The van der Waals surface area contributed by atoms with Crippen LogP contribution in [0.4, 0.5) is 0 Å². The number of phenols is 1. The predicted molar refractivity (Wildman–Crippen MR) is 55.0 cm³/mol. The molecular weight excluding hydrogens is 224 g/mol. The molecule has 1 atom stereocenters. The van der Waals surface area contributed by atoms with E-state index in [4.69, 9.17) is 9.66 Å². The summed E-state index contributed by atoms with van der Waals surface area (Å²) < 4.78 is 30.4. The molecule has 0 spiro atoms. The maximum atomic E-state index is 10.8. The van der Waals surface area contributed by atoms with Gasteiger partial charge in [-0.15, -0.1) is 0 Å². The van der Waals surface area contributed by atoms with Crippen molar-refractivity contribution < 1.29 is 18.1 Å². The zero-order valence-electron chi connectivity index (χ0n) is 6.91. The molecule has 0 aliphatic carbocycles. The number of phenolic OH excluding ortho intramolecular Hbond substituents is 1. The number of thiocarbonyl (C=S) groups is 1. The summed E-state index contributed by atoms with van der Waals surface area (Å²) in [6.45, 7) is 0. The highest BCUT2D eigenvalue weighted by Gasteiger charge is 2.22. The van der Waals surface area contributed by atoms with E-state index in [1.165, 1.54) is 24.3 Å². The number of hydrogen-bond donors (Lipinski definition) is 2. The average Bonchev–Trinajstić information content (AvgIpc) is 2.07. The number of hydrogen-bond acceptors (Lipinski definition) is 4. The molecule has 2 N–H and O–H groups in total. The van der Waals surface area contributed by atoms with Crippen LogP contribution in [-0.4, -0.2) is 23.4 Å². The molecule has 0 heterocycles. The topological polar surface area (TPSA) is 74.6 Å². The van der Waals surface area contributed by atoms with Gasteiger partial charge in [-0.25, -0.2) is 0 Å². The molecule has 0 saturated carbocycles. The molecule has 0 amide bonds. The molecule has 4 nitrogen and oxygen atoms in total. The van der Waals surface area contributed by atoms with Crippen LogP contribution in [0.15, 0.2) is 24.3 Å². The smallest absolute Gasteiger partial charge is 0.277 e. The molecule has 75 valence electrons. The van der Waals surface area contributed by atoms with E-state index in [0.717, 1.165) is 0 Å². The molecule has 1 aromatic rings. The van der Waals surface area contributed by atoms with Gasteiger partial charge in [0.05, 0.1) is 5.37 Å². The normalized spacial score (nSPS) is 13.5. The Morgan fingerprint density at radius 1 is 1.29 bits per heavy atom. The van der Waals surface area contributed by atoms with Crippen LogP contribution in [-0.2, 0) is 10.1 Å². The summed E-state index contributed by atoms with van der Waals surface area (Å²) in [4.78, 5) is 0. The van der Waals surface area contributed by atoms with Gasteiger partial charge in [-0.2, -0.15) is 8.42 Å². The molecule has 0 saturated heterocycles. The van der Waals surface area contributed by atoms with Gasteiger partial charge in [0.15, 0.2) is 0 Å². The lowest BCUT2D eigenvalue weighted by Crippen LogP contribution is -2.12. The maximum Gasteiger partial charge on any atom is 0.277 e. The van der Waals surface area contributed by atoms with Gasteiger partial charge >= 0.3 is 0 Å². The molecule has 1 rings (SSSR count). The predicted octanol–water partition coefficient (Wildman–Crippen LogP) is 1.20. The SMILES string of the molecule is O=S(=O)(O)C([C]=S)c1ccc(O)cc1. The van der Waals surface area contributed by atoms with E-state index in [1.807, 2.05) is 5.37 Å². The second kappa shape index (κ2) is 4.04. The fraction of sp³-hybridized carbons (Fsp3) is 0.125. The van der Waals surface area contributed by atoms with Crippen LogP contribution < -0.4 is 0 Å². The van der Waals surface area contributed by atoms with Gasteiger partial charge < -0.3 is 5.11 Å². The van der Waals surface area contributed by atoms with Gasteiger partial charge in [0.1, 0.15) is 11.0 Å². The third-order valence-electron chi connectivity index (χ3n) is 1.60. The lowest BCUT2D eigenvalue weighted by atomic mass is 10.2. The van der Waals surface area contributed by atoms with Crippen LogP contribution in [0.2, 0.25) is 0 Å². The van der Waals surface area contributed by atoms with Crippen LogP contribution in [0, 0.1) is 0 Å². The Kier molecular flexibility index (Phi) is 3.20. The van der Waals surface area contributed by atoms with Gasteiger partial charge in [-0.3, -0.25) is 4.55 Å². The summed E-state index contributed by atoms with van der Waals surface area (Å²) in [6.07, 6.45) is 0. The number of benzene rings is 1. The number of rotatable bonds is 3. The average molecular weight is 231 g/mol. The highest BCUT2D eigenvalue weighted by atomic mass is 32.2. The Labute approximate surface area is 86.9 Å². The highest BCUT2D eigenvalue weighted by Crippen LogP contribution is 2.21. The van der Waals surface area contributed by atoms with Crippen LogP contribution in [0.5, 0.6) is 5.75 Å². The summed E-state index contributed by atoms with van der Waals surface area (Å²) in [5.41, 5.74) is 0.264. The quantitative estimate of drug-likeness (QED) is 0.604. The molecule has 0 aromatic heterocycles. The molecule has 0 aliphatic heterocycles. The van der Waals surface area contributed by atoms with Gasteiger partial charge in [-0.05, 0) is 17.7 Å². The van der Waals surface area contributed by atoms with Crippen LogP contribution >= 0.6 is 12.2 Å². The van der Waals surface area contributed by atoms with Crippen LogP contribution in [0.25, 0.3) is 0 Å². The maximum absolute atomic E-state index is 10.8. The van der Waals surface area contributed by atoms with E-state index >= 15 is 0 Å². The van der Waals surface area contributed by atoms with Crippen molar-refractivity contribution in [2.75, 3.05) is 0 Å². The third kappa shape index (κ3) is 2.50. The van der Waals surface area contributed by atoms with E-state index in [0.29, 0.717) is 0 Å². The minimum Gasteiger partial charge on any atom is -0.508 e. The standard InChI is InChI=1S/C8H7O4S2/c9-7-3-1-6(2-4-7)8(5-13)14(10,11)12/h1-4,8-9H,(H,10,11,12). The molecule has 1 radical (unpaired) electrons. The van der Waals surface area contributed by atoms with Gasteiger partial charge in [-0.1, -0.05) is 24.4 Å². The van der Waals surface area contributed by atoms with Crippen molar-refractivity contribution in [3.8, 4) is 5.75 Å². The largest absolute Gasteiger partial charge is 0.508 e. The van der Waals surface area contributed by atoms with Crippen LogP contribution in [0.3, 0.4) is 0 Å². The molecule has 0 fully saturated rings. The van der Waals surface area contributed by atoms with E-state index in [9.17, 15) is 8.42 Å². The minimum absolute atomic E-state index is 0.00667.